The van der Waals surface area contributed by atoms with Crippen LogP contribution >= 0.6 is 0 Å². The van der Waals surface area contributed by atoms with Crippen molar-refractivity contribution in [1.82, 2.24) is 5.32 Å². The first kappa shape index (κ1) is 25.3. The zero-order valence-electron chi connectivity index (χ0n) is 18.1. The van der Waals surface area contributed by atoms with Gasteiger partial charge in [0.25, 0.3) is 0 Å². The van der Waals surface area contributed by atoms with Crippen molar-refractivity contribution in [3.63, 3.8) is 0 Å². The molecule has 166 valence electrons. The maximum Gasteiger partial charge on any atom is 0.225 e. The van der Waals surface area contributed by atoms with Gasteiger partial charge in [-0.25, -0.2) is 0 Å². The normalized spacial score (nSPS) is 15.7. The average Bonchev–Trinajstić information content (AvgIpc) is 2.67. The SMILES string of the molecule is CC(C)(C)C(=O)NCCOCCOCCOCCOCCOC1CCCCC1. The van der Waals surface area contributed by atoms with Crippen LogP contribution in [0.3, 0.4) is 0 Å². The van der Waals surface area contributed by atoms with Crippen LogP contribution in [0.1, 0.15) is 52.9 Å². The Kier molecular flexibility index (Phi) is 14.6. The van der Waals surface area contributed by atoms with E-state index in [2.05, 4.69) is 5.32 Å². The quantitative estimate of drug-likeness (QED) is 0.399. The molecule has 0 aliphatic heterocycles. The van der Waals surface area contributed by atoms with Gasteiger partial charge in [0.15, 0.2) is 0 Å². The van der Waals surface area contributed by atoms with Crippen LogP contribution in [0.25, 0.3) is 0 Å². The highest BCUT2D eigenvalue weighted by Crippen LogP contribution is 2.19. The lowest BCUT2D eigenvalue weighted by atomic mass is 9.96. The summed E-state index contributed by atoms with van der Waals surface area (Å²) in [5, 5.41) is 2.84. The third kappa shape index (κ3) is 14.3. The van der Waals surface area contributed by atoms with Crippen molar-refractivity contribution in [2.75, 3.05) is 66.0 Å². The van der Waals surface area contributed by atoms with Crippen LogP contribution in [0.15, 0.2) is 0 Å². The summed E-state index contributed by atoms with van der Waals surface area (Å²) in [7, 11) is 0. The largest absolute Gasteiger partial charge is 0.377 e. The Hall–Kier alpha value is -0.730. The molecule has 0 unspecified atom stereocenters. The fourth-order valence-corrected chi connectivity index (χ4v) is 2.77. The lowest BCUT2D eigenvalue weighted by Gasteiger charge is -2.21. The van der Waals surface area contributed by atoms with E-state index in [0.717, 1.165) is 0 Å². The number of carbonyl (C=O) groups excluding carboxylic acids is 1. The first-order chi connectivity index (χ1) is 13.5. The Morgan fingerprint density at radius 2 is 1.21 bits per heavy atom. The number of hydrogen-bond donors (Lipinski definition) is 1. The highest BCUT2D eigenvalue weighted by atomic mass is 16.6. The molecule has 0 saturated heterocycles. The van der Waals surface area contributed by atoms with Gasteiger partial charge in [-0.2, -0.15) is 0 Å². The zero-order valence-corrected chi connectivity index (χ0v) is 18.1. The van der Waals surface area contributed by atoms with Crippen molar-refractivity contribution >= 4 is 5.91 Å². The van der Waals surface area contributed by atoms with Crippen molar-refractivity contribution in [2.45, 2.75) is 59.0 Å². The predicted molar refractivity (Wildman–Crippen MR) is 109 cm³/mol. The topological polar surface area (TPSA) is 75.3 Å². The molecule has 1 N–H and O–H groups in total. The Morgan fingerprint density at radius 3 is 1.71 bits per heavy atom. The van der Waals surface area contributed by atoms with E-state index in [4.69, 9.17) is 23.7 Å². The van der Waals surface area contributed by atoms with Crippen LogP contribution in [-0.4, -0.2) is 78.0 Å². The third-order valence-corrected chi connectivity index (χ3v) is 4.46. The van der Waals surface area contributed by atoms with Gasteiger partial charge in [0, 0.05) is 12.0 Å². The van der Waals surface area contributed by atoms with Gasteiger partial charge in [-0.15, -0.1) is 0 Å². The second kappa shape index (κ2) is 16.1. The molecule has 0 heterocycles. The molecule has 0 bridgehead atoms. The molecule has 1 aliphatic rings. The molecule has 0 atom stereocenters. The van der Waals surface area contributed by atoms with Crippen molar-refractivity contribution < 1.29 is 28.5 Å². The van der Waals surface area contributed by atoms with Crippen LogP contribution < -0.4 is 5.32 Å². The minimum absolute atomic E-state index is 0.0326. The molecule has 0 aromatic heterocycles. The van der Waals surface area contributed by atoms with E-state index in [0.29, 0.717) is 72.1 Å². The molecular formula is C21H41NO6. The van der Waals surface area contributed by atoms with Gasteiger partial charge in [0.1, 0.15) is 0 Å². The van der Waals surface area contributed by atoms with E-state index >= 15 is 0 Å². The van der Waals surface area contributed by atoms with E-state index in [9.17, 15) is 4.79 Å². The number of ether oxygens (including phenoxy) is 5. The average molecular weight is 404 g/mol. The van der Waals surface area contributed by atoms with Crippen LogP contribution in [-0.2, 0) is 28.5 Å². The molecule has 1 fully saturated rings. The summed E-state index contributed by atoms with van der Waals surface area (Å²) in [6, 6.07) is 0. The van der Waals surface area contributed by atoms with Crippen molar-refractivity contribution in [3.05, 3.63) is 0 Å². The second-order valence-corrected chi connectivity index (χ2v) is 8.09. The Labute approximate surface area is 170 Å². The van der Waals surface area contributed by atoms with Gasteiger partial charge in [-0.05, 0) is 12.8 Å². The van der Waals surface area contributed by atoms with Gasteiger partial charge in [-0.1, -0.05) is 40.0 Å². The van der Waals surface area contributed by atoms with Crippen molar-refractivity contribution in [1.29, 1.82) is 0 Å². The van der Waals surface area contributed by atoms with Crippen LogP contribution in [0.4, 0.5) is 0 Å². The lowest BCUT2D eigenvalue weighted by Crippen LogP contribution is -2.36. The maximum atomic E-state index is 11.6. The standard InChI is InChI=1S/C21H41NO6/c1-21(2,3)20(23)22-9-10-24-11-12-25-13-14-26-15-16-27-17-18-28-19-7-5-4-6-8-19/h19H,4-18H2,1-3H3,(H,22,23). The monoisotopic (exact) mass is 403 g/mol. The molecular weight excluding hydrogens is 362 g/mol. The van der Waals surface area contributed by atoms with Crippen molar-refractivity contribution in [3.8, 4) is 0 Å². The molecule has 28 heavy (non-hydrogen) atoms. The lowest BCUT2D eigenvalue weighted by molar-refractivity contribution is -0.128. The van der Waals surface area contributed by atoms with Crippen LogP contribution in [0.2, 0.25) is 0 Å². The van der Waals surface area contributed by atoms with Gasteiger partial charge >= 0.3 is 0 Å². The van der Waals surface area contributed by atoms with Gasteiger partial charge in [0.2, 0.25) is 5.91 Å². The van der Waals surface area contributed by atoms with Gasteiger partial charge < -0.3 is 29.0 Å². The minimum atomic E-state index is -0.364. The molecule has 0 radical (unpaired) electrons. The fraction of sp³-hybridized carbons (Fsp3) is 0.952. The molecule has 1 rings (SSSR count). The zero-order chi connectivity index (χ0) is 20.5. The molecule has 1 aliphatic carbocycles. The molecule has 7 nitrogen and oxygen atoms in total. The van der Waals surface area contributed by atoms with Crippen LogP contribution in [0.5, 0.6) is 0 Å². The number of carbonyl (C=O) groups is 1. The summed E-state index contributed by atoms with van der Waals surface area (Å²) in [6.07, 6.45) is 6.77. The summed E-state index contributed by atoms with van der Waals surface area (Å²) in [5.74, 6) is 0.0326. The summed E-state index contributed by atoms with van der Waals surface area (Å²) in [5.41, 5.74) is -0.364. The maximum absolute atomic E-state index is 11.6. The Balaban J connectivity index is 1.71. The van der Waals surface area contributed by atoms with E-state index < -0.39 is 0 Å². The molecule has 0 aromatic rings. The molecule has 7 heteroatoms. The first-order valence-electron chi connectivity index (χ1n) is 10.7. The number of nitrogens with one attached hydrogen (secondary N) is 1. The Bertz CT molecular complexity index is 380. The molecule has 0 aromatic carbocycles. The van der Waals surface area contributed by atoms with E-state index in [-0.39, 0.29) is 11.3 Å². The minimum Gasteiger partial charge on any atom is -0.377 e. The molecule has 1 amide bonds. The summed E-state index contributed by atoms with van der Waals surface area (Å²) < 4.78 is 27.6. The Morgan fingerprint density at radius 1 is 0.750 bits per heavy atom. The molecule has 1 saturated carbocycles. The van der Waals surface area contributed by atoms with E-state index in [1.54, 1.807) is 0 Å². The number of amides is 1. The highest BCUT2D eigenvalue weighted by Gasteiger charge is 2.20. The van der Waals surface area contributed by atoms with E-state index in [1.165, 1.54) is 32.1 Å². The highest BCUT2D eigenvalue weighted by molar-refractivity contribution is 5.81. The van der Waals surface area contributed by atoms with Crippen LogP contribution in [0, 0.1) is 5.41 Å². The second-order valence-electron chi connectivity index (χ2n) is 8.09. The fourth-order valence-electron chi connectivity index (χ4n) is 2.77. The smallest absolute Gasteiger partial charge is 0.225 e. The predicted octanol–water partition coefficient (Wildman–Crippen LogP) is 2.56. The summed E-state index contributed by atoms with van der Waals surface area (Å²) >= 11 is 0. The first-order valence-corrected chi connectivity index (χ1v) is 10.7. The number of hydrogen-bond acceptors (Lipinski definition) is 6. The van der Waals surface area contributed by atoms with E-state index in [1.807, 2.05) is 20.8 Å². The number of rotatable bonds is 16. The summed E-state index contributed by atoms with van der Waals surface area (Å²) in [4.78, 5) is 11.6. The van der Waals surface area contributed by atoms with Gasteiger partial charge in [0.05, 0.1) is 65.6 Å². The summed E-state index contributed by atoms with van der Waals surface area (Å²) in [6.45, 7) is 11.2. The van der Waals surface area contributed by atoms with Crippen molar-refractivity contribution in [2.24, 2.45) is 5.41 Å². The third-order valence-electron chi connectivity index (χ3n) is 4.46. The molecule has 0 spiro atoms. The van der Waals surface area contributed by atoms with Gasteiger partial charge in [-0.3, -0.25) is 4.79 Å².